The molecule has 6 nitrogen and oxygen atoms in total. The van der Waals surface area contributed by atoms with Crippen molar-refractivity contribution in [2.45, 2.75) is 52.6 Å². The molecule has 2 N–H and O–H groups in total. The Hall–Kier alpha value is -1.30. The van der Waals surface area contributed by atoms with Gasteiger partial charge < -0.3 is 20.1 Å². The number of hydrogen-bond donors (Lipinski definition) is 2. The first-order valence-electron chi connectivity index (χ1n) is 7.17. The van der Waals surface area contributed by atoms with Crippen LogP contribution in [-0.2, 0) is 9.53 Å². The molecule has 0 radical (unpaired) electrons. The number of carbonyl (C=O) groups is 2. The number of nitrogens with zero attached hydrogens (tertiary/aromatic N) is 1. The number of urea groups is 1. The second-order valence-electron chi connectivity index (χ2n) is 6.04. The predicted octanol–water partition coefficient (Wildman–Crippen LogP) is 1.70. The fourth-order valence-electron chi connectivity index (χ4n) is 2.71. The third-order valence-corrected chi connectivity index (χ3v) is 3.71. The molecular formula is C14H26N2O4. The zero-order valence-corrected chi connectivity index (χ0v) is 12.8. The summed E-state index contributed by atoms with van der Waals surface area (Å²) < 4.78 is 5.25. The maximum atomic E-state index is 12.3. The van der Waals surface area contributed by atoms with Gasteiger partial charge in [-0.15, -0.1) is 0 Å². The second kappa shape index (κ2) is 6.92. The Balaban J connectivity index is 2.71. The normalized spacial score (nSPS) is 23.2. The van der Waals surface area contributed by atoms with Gasteiger partial charge in [-0.05, 0) is 32.1 Å². The smallest absolute Gasteiger partial charge is 0.327 e. The molecule has 0 aliphatic carbocycles. The molecule has 1 rings (SSSR count). The Labute approximate surface area is 120 Å². The largest absolute Gasteiger partial charge is 0.480 e. The minimum absolute atomic E-state index is 0.137. The Morgan fingerprint density at radius 3 is 2.70 bits per heavy atom. The zero-order valence-electron chi connectivity index (χ0n) is 12.8. The van der Waals surface area contributed by atoms with Crippen LogP contribution in [0.5, 0.6) is 0 Å². The number of carboxylic acid groups (broad SMARTS) is 1. The van der Waals surface area contributed by atoms with Crippen molar-refractivity contribution in [2.24, 2.45) is 5.41 Å². The van der Waals surface area contributed by atoms with E-state index < -0.39 is 17.4 Å². The van der Waals surface area contributed by atoms with Crippen LogP contribution in [0.15, 0.2) is 0 Å². The van der Waals surface area contributed by atoms with Gasteiger partial charge in [-0.2, -0.15) is 0 Å². The Morgan fingerprint density at radius 2 is 2.15 bits per heavy atom. The number of amides is 2. The molecule has 2 amide bonds. The monoisotopic (exact) mass is 286 g/mol. The van der Waals surface area contributed by atoms with Crippen molar-refractivity contribution in [2.75, 3.05) is 19.8 Å². The first kappa shape index (κ1) is 16.8. The third kappa shape index (κ3) is 4.10. The van der Waals surface area contributed by atoms with Crippen LogP contribution < -0.4 is 5.32 Å². The summed E-state index contributed by atoms with van der Waals surface area (Å²) in [6.07, 6.45) is 1.63. The minimum Gasteiger partial charge on any atom is -0.480 e. The molecule has 1 fully saturated rings. The molecular weight excluding hydrogens is 260 g/mol. The molecule has 116 valence electrons. The van der Waals surface area contributed by atoms with Gasteiger partial charge in [0.25, 0.3) is 0 Å². The van der Waals surface area contributed by atoms with Crippen molar-refractivity contribution in [3.05, 3.63) is 0 Å². The molecule has 1 saturated heterocycles. The average molecular weight is 286 g/mol. The van der Waals surface area contributed by atoms with Gasteiger partial charge >= 0.3 is 12.0 Å². The molecule has 2 unspecified atom stereocenters. The standard InChI is InChI=1S/C14H26N2O4/c1-5-20-9-10(2)15-13(19)16-8-6-7-14(3,4)11(16)12(17)18/h10-11H,5-9H2,1-4H3,(H,15,19)(H,17,18). The van der Waals surface area contributed by atoms with E-state index in [1.807, 2.05) is 27.7 Å². The van der Waals surface area contributed by atoms with Crippen LogP contribution in [0.4, 0.5) is 4.79 Å². The fraction of sp³-hybridized carbons (Fsp3) is 0.857. The minimum atomic E-state index is -0.942. The molecule has 0 aromatic carbocycles. The van der Waals surface area contributed by atoms with Gasteiger partial charge in [0, 0.05) is 13.2 Å². The summed E-state index contributed by atoms with van der Waals surface area (Å²) >= 11 is 0. The summed E-state index contributed by atoms with van der Waals surface area (Å²) in [6.45, 7) is 9.03. The summed E-state index contributed by atoms with van der Waals surface area (Å²) in [5.74, 6) is -0.942. The Kier molecular flexibility index (Phi) is 5.80. The second-order valence-corrected chi connectivity index (χ2v) is 6.04. The maximum Gasteiger partial charge on any atom is 0.327 e. The van der Waals surface area contributed by atoms with Crippen LogP contribution in [0, 0.1) is 5.41 Å². The molecule has 6 heteroatoms. The lowest BCUT2D eigenvalue weighted by Crippen LogP contribution is -2.59. The van der Waals surface area contributed by atoms with E-state index in [0.717, 1.165) is 12.8 Å². The topological polar surface area (TPSA) is 78.9 Å². The first-order chi connectivity index (χ1) is 9.29. The zero-order chi connectivity index (χ0) is 15.3. The third-order valence-electron chi connectivity index (χ3n) is 3.71. The van der Waals surface area contributed by atoms with Crippen LogP contribution in [0.2, 0.25) is 0 Å². The van der Waals surface area contributed by atoms with Crippen molar-refractivity contribution in [3.8, 4) is 0 Å². The SMILES string of the molecule is CCOCC(C)NC(=O)N1CCCC(C)(C)C1C(=O)O. The van der Waals surface area contributed by atoms with E-state index in [2.05, 4.69) is 5.32 Å². The van der Waals surface area contributed by atoms with Crippen LogP contribution in [0.1, 0.15) is 40.5 Å². The van der Waals surface area contributed by atoms with Crippen molar-refractivity contribution >= 4 is 12.0 Å². The van der Waals surface area contributed by atoms with Gasteiger partial charge in [0.05, 0.1) is 12.6 Å². The molecule has 2 atom stereocenters. The molecule has 1 heterocycles. The summed E-state index contributed by atoms with van der Waals surface area (Å²) in [4.78, 5) is 25.2. The van der Waals surface area contributed by atoms with E-state index in [0.29, 0.717) is 19.8 Å². The summed E-state index contributed by atoms with van der Waals surface area (Å²) in [6, 6.07) is -1.24. The average Bonchev–Trinajstić information content (AvgIpc) is 2.34. The van der Waals surface area contributed by atoms with Gasteiger partial charge in [0.1, 0.15) is 6.04 Å². The lowest BCUT2D eigenvalue weighted by atomic mass is 9.76. The molecule has 1 aliphatic rings. The fourth-order valence-corrected chi connectivity index (χ4v) is 2.71. The van der Waals surface area contributed by atoms with Crippen LogP contribution in [-0.4, -0.2) is 53.8 Å². The van der Waals surface area contributed by atoms with E-state index in [1.165, 1.54) is 4.90 Å². The lowest BCUT2D eigenvalue weighted by Gasteiger charge is -2.44. The van der Waals surface area contributed by atoms with Crippen molar-refractivity contribution < 1.29 is 19.4 Å². The number of aliphatic carboxylic acids is 1. The molecule has 1 aliphatic heterocycles. The molecule has 0 bridgehead atoms. The van der Waals surface area contributed by atoms with Crippen LogP contribution in [0.25, 0.3) is 0 Å². The van der Waals surface area contributed by atoms with E-state index in [4.69, 9.17) is 4.74 Å². The molecule has 0 aromatic rings. The number of rotatable bonds is 5. The van der Waals surface area contributed by atoms with Crippen molar-refractivity contribution in [1.29, 1.82) is 0 Å². The Bertz CT molecular complexity index is 357. The number of ether oxygens (including phenoxy) is 1. The number of nitrogens with one attached hydrogen (secondary N) is 1. The van der Waals surface area contributed by atoms with E-state index in [9.17, 15) is 14.7 Å². The molecule has 0 saturated carbocycles. The number of carbonyl (C=O) groups excluding carboxylic acids is 1. The summed E-state index contributed by atoms with van der Waals surface area (Å²) in [7, 11) is 0. The van der Waals surface area contributed by atoms with Crippen molar-refractivity contribution in [3.63, 3.8) is 0 Å². The Morgan fingerprint density at radius 1 is 1.50 bits per heavy atom. The van der Waals surface area contributed by atoms with E-state index in [-0.39, 0.29) is 12.1 Å². The molecule has 0 spiro atoms. The maximum absolute atomic E-state index is 12.3. The number of hydrogen-bond acceptors (Lipinski definition) is 3. The predicted molar refractivity (Wildman–Crippen MR) is 75.6 cm³/mol. The van der Waals surface area contributed by atoms with Crippen LogP contribution in [0.3, 0.4) is 0 Å². The highest BCUT2D eigenvalue weighted by Gasteiger charge is 2.44. The highest BCUT2D eigenvalue weighted by atomic mass is 16.5. The first-order valence-corrected chi connectivity index (χ1v) is 7.17. The quantitative estimate of drug-likeness (QED) is 0.806. The highest BCUT2D eigenvalue weighted by Crippen LogP contribution is 2.35. The molecule has 0 aromatic heterocycles. The van der Waals surface area contributed by atoms with E-state index in [1.54, 1.807) is 0 Å². The van der Waals surface area contributed by atoms with Gasteiger partial charge in [0.2, 0.25) is 0 Å². The van der Waals surface area contributed by atoms with Gasteiger partial charge in [-0.3, -0.25) is 0 Å². The highest BCUT2D eigenvalue weighted by molar-refractivity contribution is 5.83. The van der Waals surface area contributed by atoms with Gasteiger partial charge in [0.15, 0.2) is 0 Å². The summed E-state index contributed by atoms with van der Waals surface area (Å²) in [5, 5.41) is 12.2. The van der Waals surface area contributed by atoms with Gasteiger partial charge in [-0.25, -0.2) is 9.59 Å². The number of carboxylic acids is 1. The number of piperidine rings is 1. The van der Waals surface area contributed by atoms with Gasteiger partial charge in [-0.1, -0.05) is 13.8 Å². The van der Waals surface area contributed by atoms with Crippen molar-refractivity contribution in [1.82, 2.24) is 10.2 Å². The molecule has 20 heavy (non-hydrogen) atoms. The van der Waals surface area contributed by atoms with E-state index >= 15 is 0 Å². The van der Waals surface area contributed by atoms with Crippen LogP contribution >= 0.6 is 0 Å². The summed E-state index contributed by atoms with van der Waals surface area (Å²) in [5.41, 5.74) is -0.412. The lowest BCUT2D eigenvalue weighted by molar-refractivity contribution is -0.148. The number of likely N-dealkylation sites (tertiary alicyclic amines) is 1.